The van der Waals surface area contributed by atoms with Crippen LogP contribution in [0.5, 0.6) is 0 Å². The lowest BCUT2D eigenvalue weighted by Crippen LogP contribution is -2.14. The number of halogens is 1. The zero-order chi connectivity index (χ0) is 9.14. The van der Waals surface area contributed by atoms with Gasteiger partial charge in [-0.3, -0.25) is 4.79 Å². The maximum atomic E-state index is 10.3. The Hall–Kier alpha value is -0.810. The number of carbonyl (C=O) groups is 1. The van der Waals surface area contributed by atoms with Gasteiger partial charge in [-0.05, 0) is 22.0 Å². The van der Waals surface area contributed by atoms with E-state index in [2.05, 4.69) is 15.9 Å². The normalized spacial score (nSPS) is 12.8. The van der Waals surface area contributed by atoms with Crippen LogP contribution in [0.1, 0.15) is 18.0 Å². The average Bonchev–Trinajstić information content (AvgIpc) is 2.33. The number of rotatable bonds is 3. The molecule has 1 aromatic heterocycles. The van der Waals surface area contributed by atoms with Crippen LogP contribution in [0.4, 0.5) is 0 Å². The minimum absolute atomic E-state index is 0.0991. The summed E-state index contributed by atoms with van der Waals surface area (Å²) in [7, 11) is 0. The zero-order valence-electron chi connectivity index (χ0n) is 6.16. The Kier molecular flexibility index (Phi) is 2.88. The number of hydrogen-bond donors (Lipinski definition) is 2. The zero-order valence-corrected chi connectivity index (χ0v) is 7.74. The summed E-state index contributed by atoms with van der Waals surface area (Å²) in [6, 6.07) is 1.13. The predicted octanol–water partition coefficient (Wildman–Crippen LogP) is 1.52. The van der Waals surface area contributed by atoms with Crippen LogP contribution in [-0.2, 0) is 4.79 Å². The molecule has 1 aromatic rings. The van der Waals surface area contributed by atoms with E-state index < -0.39 is 12.0 Å². The van der Waals surface area contributed by atoms with Crippen molar-refractivity contribution in [2.45, 2.75) is 12.5 Å². The van der Waals surface area contributed by atoms with Crippen molar-refractivity contribution in [3.05, 3.63) is 22.6 Å². The molecule has 1 heterocycles. The molecular formula is C7H8BrNO3. The summed E-state index contributed by atoms with van der Waals surface area (Å²) in [6.07, 6.45) is 1.36. The van der Waals surface area contributed by atoms with Crippen LogP contribution in [0, 0.1) is 0 Å². The van der Waals surface area contributed by atoms with Crippen molar-refractivity contribution in [2.24, 2.45) is 5.73 Å². The number of nitrogens with two attached hydrogens (primary N) is 1. The van der Waals surface area contributed by atoms with Gasteiger partial charge >= 0.3 is 5.97 Å². The summed E-state index contributed by atoms with van der Waals surface area (Å²) in [5, 5.41) is 8.45. The van der Waals surface area contributed by atoms with Gasteiger partial charge in [0, 0.05) is 11.6 Å². The number of furan rings is 1. The van der Waals surface area contributed by atoms with Crippen molar-refractivity contribution in [1.29, 1.82) is 0 Å². The van der Waals surface area contributed by atoms with Crippen LogP contribution in [0.3, 0.4) is 0 Å². The van der Waals surface area contributed by atoms with Gasteiger partial charge in [0.2, 0.25) is 0 Å². The molecule has 0 spiro atoms. The van der Waals surface area contributed by atoms with E-state index in [-0.39, 0.29) is 6.42 Å². The summed E-state index contributed by atoms with van der Waals surface area (Å²) in [5.41, 5.74) is 6.25. The van der Waals surface area contributed by atoms with Gasteiger partial charge in [-0.1, -0.05) is 0 Å². The van der Waals surface area contributed by atoms with E-state index in [1.54, 1.807) is 6.07 Å². The second-order valence-electron chi connectivity index (χ2n) is 2.35. The van der Waals surface area contributed by atoms with Crippen LogP contribution in [-0.4, -0.2) is 11.1 Å². The fourth-order valence-corrected chi connectivity index (χ4v) is 1.40. The maximum Gasteiger partial charge on any atom is 0.305 e. The molecule has 1 rings (SSSR count). The monoisotopic (exact) mass is 233 g/mol. The van der Waals surface area contributed by atoms with E-state index in [0.29, 0.717) is 10.2 Å². The second kappa shape index (κ2) is 3.73. The van der Waals surface area contributed by atoms with E-state index in [0.717, 1.165) is 0 Å². The largest absolute Gasteiger partial charge is 0.481 e. The van der Waals surface area contributed by atoms with Gasteiger partial charge in [-0.15, -0.1) is 0 Å². The number of carboxylic acids is 1. The van der Waals surface area contributed by atoms with Gasteiger partial charge in [0.1, 0.15) is 0 Å². The van der Waals surface area contributed by atoms with Gasteiger partial charge in [0.15, 0.2) is 4.67 Å². The average molecular weight is 234 g/mol. The summed E-state index contributed by atoms with van der Waals surface area (Å²) in [6.45, 7) is 0. The summed E-state index contributed by atoms with van der Waals surface area (Å²) < 4.78 is 5.41. The van der Waals surface area contributed by atoms with Crippen LogP contribution in [0.15, 0.2) is 21.4 Å². The number of aliphatic carboxylic acids is 1. The fourth-order valence-electron chi connectivity index (χ4n) is 0.868. The first kappa shape index (κ1) is 9.28. The quantitative estimate of drug-likeness (QED) is 0.831. The molecule has 66 valence electrons. The van der Waals surface area contributed by atoms with Gasteiger partial charge in [-0.2, -0.15) is 0 Å². The lowest BCUT2D eigenvalue weighted by molar-refractivity contribution is -0.137. The van der Waals surface area contributed by atoms with Crippen LogP contribution < -0.4 is 5.73 Å². The third-order valence-corrected chi connectivity index (χ3v) is 2.08. The highest BCUT2D eigenvalue weighted by molar-refractivity contribution is 9.10. The van der Waals surface area contributed by atoms with Gasteiger partial charge in [0.25, 0.3) is 0 Å². The molecule has 0 aliphatic heterocycles. The molecule has 0 aromatic carbocycles. The molecule has 3 N–H and O–H groups in total. The third-order valence-electron chi connectivity index (χ3n) is 1.44. The molecule has 0 bridgehead atoms. The van der Waals surface area contributed by atoms with Crippen molar-refractivity contribution < 1.29 is 14.3 Å². The van der Waals surface area contributed by atoms with Crippen molar-refractivity contribution >= 4 is 21.9 Å². The lowest BCUT2D eigenvalue weighted by Gasteiger charge is -2.05. The number of carboxylic acid groups (broad SMARTS) is 1. The van der Waals surface area contributed by atoms with Crippen LogP contribution >= 0.6 is 15.9 Å². The first-order valence-corrected chi connectivity index (χ1v) is 4.11. The maximum absolute atomic E-state index is 10.3. The van der Waals surface area contributed by atoms with E-state index in [1.165, 1.54) is 6.26 Å². The van der Waals surface area contributed by atoms with Crippen molar-refractivity contribution in [2.75, 3.05) is 0 Å². The first-order valence-electron chi connectivity index (χ1n) is 3.31. The molecular weight excluding hydrogens is 226 g/mol. The van der Waals surface area contributed by atoms with Gasteiger partial charge in [0.05, 0.1) is 12.7 Å². The fraction of sp³-hybridized carbons (Fsp3) is 0.286. The Morgan fingerprint density at radius 1 is 1.83 bits per heavy atom. The lowest BCUT2D eigenvalue weighted by atomic mass is 10.1. The molecule has 0 saturated carbocycles. The Balaban J connectivity index is 2.71. The Morgan fingerprint density at radius 2 is 2.50 bits per heavy atom. The summed E-state index contributed by atoms with van der Waals surface area (Å²) in [5.74, 6) is -0.921. The molecule has 0 saturated heterocycles. The van der Waals surface area contributed by atoms with Crippen LogP contribution in [0.25, 0.3) is 0 Å². The summed E-state index contributed by atoms with van der Waals surface area (Å²) in [4.78, 5) is 10.3. The Bertz CT molecular complexity index is 284. The minimum atomic E-state index is -0.921. The SMILES string of the molecule is NC(CC(=O)O)c1ccoc1Br. The topological polar surface area (TPSA) is 76.5 Å². The van der Waals surface area contributed by atoms with Gasteiger partial charge < -0.3 is 15.3 Å². The van der Waals surface area contributed by atoms with E-state index in [9.17, 15) is 4.79 Å². The molecule has 5 heteroatoms. The molecule has 0 aliphatic carbocycles. The molecule has 0 aliphatic rings. The highest BCUT2D eigenvalue weighted by Gasteiger charge is 2.14. The van der Waals surface area contributed by atoms with Gasteiger partial charge in [-0.25, -0.2) is 0 Å². The molecule has 0 amide bonds. The number of hydrogen-bond acceptors (Lipinski definition) is 3. The summed E-state index contributed by atoms with van der Waals surface area (Å²) >= 11 is 3.12. The highest BCUT2D eigenvalue weighted by atomic mass is 79.9. The standard InChI is InChI=1S/C7H8BrNO3/c8-7-4(1-2-12-7)5(9)3-6(10)11/h1-2,5H,3,9H2,(H,10,11). The van der Waals surface area contributed by atoms with Crippen molar-refractivity contribution in [1.82, 2.24) is 0 Å². The minimum Gasteiger partial charge on any atom is -0.481 e. The molecule has 0 fully saturated rings. The second-order valence-corrected chi connectivity index (χ2v) is 3.07. The molecule has 1 unspecified atom stereocenters. The van der Waals surface area contributed by atoms with E-state index in [1.807, 2.05) is 0 Å². The first-order chi connectivity index (χ1) is 5.61. The Morgan fingerprint density at radius 3 is 2.92 bits per heavy atom. The highest BCUT2D eigenvalue weighted by Crippen LogP contribution is 2.24. The molecule has 0 radical (unpaired) electrons. The van der Waals surface area contributed by atoms with Crippen LogP contribution in [0.2, 0.25) is 0 Å². The molecule has 1 atom stereocenters. The Labute approximate surface area is 77.5 Å². The molecule has 4 nitrogen and oxygen atoms in total. The molecule has 12 heavy (non-hydrogen) atoms. The smallest absolute Gasteiger partial charge is 0.305 e. The van der Waals surface area contributed by atoms with E-state index >= 15 is 0 Å². The predicted molar refractivity (Wildman–Crippen MR) is 45.6 cm³/mol. The van der Waals surface area contributed by atoms with E-state index in [4.69, 9.17) is 15.3 Å². The third kappa shape index (κ3) is 2.09. The van der Waals surface area contributed by atoms with Crippen molar-refractivity contribution in [3.8, 4) is 0 Å². The van der Waals surface area contributed by atoms with Crippen molar-refractivity contribution in [3.63, 3.8) is 0 Å².